The van der Waals surface area contributed by atoms with E-state index in [2.05, 4.69) is 10.3 Å². The van der Waals surface area contributed by atoms with E-state index < -0.39 is 5.97 Å². The van der Waals surface area contributed by atoms with Gasteiger partial charge in [0.05, 0.1) is 22.9 Å². The summed E-state index contributed by atoms with van der Waals surface area (Å²) in [5.41, 5.74) is 1.88. The monoisotopic (exact) mass is 334 g/mol. The third kappa shape index (κ3) is 4.14. The number of carboxylic acid groups (broad SMARTS) is 1. The van der Waals surface area contributed by atoms with Gasteiger partial charge in [0, 0.05) is 12.8 Å². The number of methoxy groups -OCH3 is 1. The molecule has 0 aliphatic carbocycles. The molecule has 1 amide bonds. The highest BCUT2D eigenvalue weighted by atomic mass is 32.1. The Kier molecular flexibility index (Phi) is 5.46. The highest BCUT2D eigenvalue weighted by Crippen LogP contribution is 2.22. The smallest absolute Gasteiger partial charge is 0.335 e. The molecule has 2 rings (SSSR count). The molecule has 1 heterocycles. The standard InChI is InChI=1S/C16H18N2O4S/c1-4-13-17-9(2)14(23-13)15(19)18-12-6-10(8-22-3)5-11(7-12)16(20)21/h5-7H,4,8H2,1-3H3,(H,18,19)(H,20,21). The number of benzene rings is 1. The summed E-state index contributed by atoms with van der Waals surface area (Å²) in [7, 11) is 1.53. The number of anilines is 1. The molecule has 0 fully saturated rings. The van der Waals surface area contributed by atoms with E-state index in [9.17, 15) is 14.7 Å². The molecule has 7 heteroatoms. The second-order valence-corrected chi connectivity index (χ2v) is 6.07. The molecule has 0 saturated carbocycles. The van der Waals surface area contributed by atoms with Crippen molar-refractivity contribution < 1.29 is 19.4 Å². The number of nitrogens with zero attached hydrogens (tertiary/aromatic N) is 1. The third-order valence-electron chi connectivity index (χ3n) is 3.16. The number of rotatable bonds is 6. The van der Waals surface area contributed by atoms with Gasteiger partial charge in [-0.15, -0.1) is 11.3 Å². The van der Waals surface area contributed by atoms with E-state index in [1.54, 1.807) is 13.0 Å². The van der Waals surface area contributed by atoms with Crippen molar-refractivity contribution in [3.8, 4) is 0 Å². The van der Waals surface area contributed by atoms with Gasteiger partial charge >= 0.3 is 5.97 Å². The molecule has 0 unspecified atom stereocenters. The molecule has 1 aromatic carbocycles. The highest BCUT2D eigenvalue weighted by molar-refractivity contribution is 7.13. The Labute approximate surface area is 138 Å². The number of carboxylic acids is 1. The molecule has 0 atom stereocenters. The Morgan fingerprint density at radius 1 is 1.35 bits per heavy atom. The first-order valence-corrected chi connectivity index (χ1v) is 7.90. The highest BCUT2D eigenvalue weighted by Gasteiger charge is 2.16. The topological polar surface area (TPSA) is 88.5 Å². The summed E-state index contributed by atoms with van der Waals surface area (Å²) in [5, 5.41) is 12.8. The first-order valence-electron chi connectivity index (χ1n) is 7.08. The van der Waals surface area contributed by atoms with E-state index in [4.69, 9.17) is 4.74 Å². The van der Waals surface area contributed by atoms with Crippen LogP contribution >= 0.6 is 11.3 Å². The van der Waals surface area contributed by atoms with Crippen LogP contribution in [-0.4, -0.2) is 29.1 Å². The maximum atomic E-state index is 12.4. The normalized spacial score (nSPS) is 10.6. The summed E-state index contributed by atoms with van der Waals surface area (Å²) >= 11 is 1.35. The van der Waals surface area contributed by atoms with Gasteiger partial charge < -0.3 is 15.2 Å². The molecular weight excluding hydrogens is 316 g/mol. The summed E-state index contributed by atoms with van der Waals surface area (Å²) < 4.78 is 5.03. The zero-order valence-electron chi connectivity index (χ0n) is 13.2. The quantitative estimate of drug-likeness (QED) is 0.847. The van der Waals surface area contributed by atoms with Crippen molar-refractivity contribution in [2.45, 2.75) is 26.9 Å². The van der Waals surface area contributed by atoms with Crippen molar-refractivity contribution >= 4 is 28.9 Å². The van der Waals surface area contributed by atoms with Crippen LogP contribution in [0.4, 0.5) is 5.69 Å². The Morgan fingerprint density at radius 3 is 2.65 bits per heavy atom. The van der Waals surface area contributed by atoms with Crippen molar-refractivity contribution in [1.82, 2.24) is 4.98 Å². The average molecular weight is 334 g/mol. The number of amides is 1. The molecule has 23 heavy (non-hydrogen) atoms. The average Bonchev–Trinajstić information content (AvgIpc) is 2.88. The lowest BCUT2D eigenvalue weighted by Gasteiger charge is -2.08. The summed E-state index contributed by atoms with van der Waals surface area (Å²) in [6, 6.07) is 4.65. The molecule has 0 bridgehead atoms. The lowest BCUT2D eigenvalue weighted by molar-refractivity contribution is 0.0696. The molecule has 6 nitrogen and oxygen atoms in total. The second kappa shape index (κ2) is 7.34. The lowest BCUT2D eigenvalue weighted by Crippen LogP contribution is -2.12. The van der Waals surface area contributed by atoms with Crippen LogP contribution in [-0.2, 0) is 17.8 Å². The van der Waals surface area contributed by atoms with Crippen molar-refractivity contribution in [3.63, 3.8) is 0 Å². The molecule has 0 spiro atoms. The number of thiazole rings is 1. The minimum atomic E-state index is -1.05. The number of aryl methyl sites for hydroxylation is 2. The molecule has 2 aromatic rings. The van der Waals surface area contributed by atoms with Crippen molar-refractivity contribution in [2.24, 2.45) is 0 Å². The van der Waals surface area contributed by atoms with E-state index in [-0.39, 0.29) is 18.1 Å². The summed E-state index contributed by atoms with van der Waals surface area (Å²) in [5.74, 6) is -1.34. The zero-order chi connectivity index (χ0) is 17.0. The summed E-state index contributed by atoms with van der Waals surface area (Å²) in [4.78, 5) is 28.5. The predicted molar refractivity (Wildman–Crippen MR) is 88.3 cm³/mol. The number of aromatic carboxylic acids is 1. The lowest BCUT2D eigenvalue weighted by atomic mass is 10.1. The minimum absolute atomic E-state index is 0.102. The van der Waals surface area contributed by atoms with Gasteiger partial charge in [-0.1, -0.05) is 6.92 Å². The van der Waals surface area contributed by atoms with E-state index >= 15 is 0 Å². The van der Waals surface area contributed by atoms with Gasteiger partial charge in [-0.2, -0.15) is 0 Å². The van der Waals surface area contributed by atoms with Crippen molar-refractivity contribution in [1.29, 1.82) is 0 Å². The van der Waals surface area contributed by atoms with Crippen molar-refractivity contribution in [3.05, 3.63) is 44.9 Å². The largest absolute Gasteiger partial charge is 0.478 e. The van der Waals surface area contributed by atoms with Crippen LogP contribution in [0.3, 0.4) is 0 Å². The SMILES string of the molecule is CCc1nc(C)c(C(=O)Nc2cc(COC)cc(C(=O)O)c2)s1. The van der Waals surface area contributed by atoms with Crippen LogP contribution < -0.4 is 5.32 Å². The van der Waals surface area contributed by atoms with Gasteiger partial charge in [0.25, 0.3) is 5.91 Å². The van der Waals surface area contributed by atoms with Crippen LogP contribution in [0.25, 0.3) is 0 Å². The van der Waals surface area contributed by atoms with Gasteiger partial charge in [-0.05, 0) is 37.1 Å². The number of ether oxygens (including phenoxy) is 1. The Balaban J connectivity index is 2.28. The van der Waals surface area contributed by atoms with Gasteiger partial charge in [0.15, 0.2) is 0 Å². The molecule has 2 N–H and O–H groups in total. The van der Waals surface area contributed by atoms with Crippen LogP contribution in [0, 0.1) is 6.92 Å². The number of hydrogen-bond acceptors (Lipinski definition) is 5. The van der Waals surface area contributed by atoms with Gasteiger partial charge in [0.1, 0.15) is 4.88 Å². The first-order chi connectivity index (χ1) is 10.9. The molecular formula is C16H18N2O4S. The van der Waals surface area contributed by atoms with Gasteiger partial charge in [0.2, 0.25) is 0 Å². The molecule has 0 saturated heterocycles. The van der Waals surface area contributed by atoms with Crippen LogP contribution in [0.2, 0.25) is 0 Å². The fraction of sp³-hybridized carbons (Fsp3) is 0.312. The summed E-state index contributed by atoms with van der Waals surface area (Å²) in [6.07, 6.45) is 0.769. The van der Waals surface area contributed by atoms with E-state index in [1.807, 2.05) is 6.92 Å². The van der Waals surface area contributed by atoms with E-state index in [1.165, 1.54) is 30.6 Å². The number of carbonyl (C=O) groups is 2. The fourth-order valence-electron chi connectivity index (χ4n) is 2.14. The second-order valence-electron chi connectivity index (χ2n) is 4.99. The maximum Gasteiger partial charge on any atom is 0.335 e. The Hall–Kier alpha value is -2.25. The van der Waals surface area contributed by atoms with Gasteiger partial charge in [-0.3, -0.25) is 4.79 Å². The van der Waals surface area contributed by atoms with E-state index in [0.29, 0.717) is 21.8 Å². The van der Waals surface area contributed by atoms with Gasteiger partial charge in [-0.25, -0.2) is 9.78 Å². The van der Waals surface area contributed by atoms with Crippen LogP contribution in [0.5, 0.6) is 0 Å². The fourth-order valence-corrected chi connectivity index (χ4v) is 3.04. The number of carbonyl (C=O) groups excluding carboxylic acids is 1. The summed E-state index contributed by atoms with van der Waals surface area (Å²) in [6.45, 7) is 4.03. The number of hydrogen-bond donors (Lipinski definition) is 2. The number of aromatic nitrogens is 1. The first kappa shape index (κ1) is 17.1. The molecule has 0 aliphatic rings. The van der Waals surface area contributed by atoms with Crippen LogP contribution in [0.15, 0.2) is 18.2 Å². The maximum absolute atomic E-state index is 12.4. The zero-order valence-corrected chi connectivity index (χ0v) is 14.0. The third-order valence-corrected chi connectivity index (χ3v) is 4.46. The number of nitrogens with one attached hydrogen (secondary N) is 1. The molecule has 122 valence electrons. The molecule has 0 radical (unpaired) electrons. The van der Waals surface area contributed by atoms with Crippen molar-refractivity contribution in [2.75, 3.05) is 12.4 Å². The molecule has 1 aromatic heterocycles. The minimum Gasteiger partial charge on any atom is -0.478 e. The Morgan fingerprint density at radius 2 is 2.09 bits per heavy atom. The Bertz CT molecular complexity index is 740. The predicted octanol–water partition coefficient (Wildman–Crippen LogP) is 3.11. The van der Waals surface area contributed by atoms with Crippen LogP contribution in [0.1, 0.15) is 43.2 Å². The van der Waals surface area contributed by atoms with E-state index in [0.717, 1.165) is 11.4 Å². The molecule has 0 aliphatic heterocycles.